The molecule has 0 aliphatic heterocycles. The Bertz CT molecular complexity index is 764. The molecule has 0 saturated carbocycles. The number of amides is 1. The van der Waals surface area contributed by atoms with Crippen LogP contribution in [0.15, 0.2) is 42.5 Å². The molecular weight excluding hydrogens is 327 g/mol. The van der Waals surface area contributed by atoms with Gasteiger partial charge in [0.1, 0.15) is 11.6 Å². The summed E-state index contributed by atoms with van der Waals surface area (Å²) in [6, 6.07) is 10.5. The fourth-order valence-electron chi connectivity index (χ4n) is 2.15. The largest absolute Gasteiger partial charge is 0.506 e. The molecule has 0 spiro atoms. The van der Waals surface area contributed by atoms with Gasteiger partial charge in [-0.3, -0.25) is 10.1 Å². The van der Waals surface area contributed by atoms with Crippen molar-refractivity contribution in [1.29, 1.82) is 0 Å². The van der Waals surface area contributed by atoms with Crippen LogP contribution in [0.1, 0.15) is 42.1 Å². The number of carbonyl (C=O) groups excluding carboxylic acids is 1. The first-order chi connectivity index (χ1) is 11.4. The van der Waals surface area contributed by atoms with Crippen molar-refractivity contribution in [2.24, 2.45) is 0 Å². The van der Waals surface area contributed by atoms with Crippen LogP contribution in [0.4, 0.5) is 10.1 Å². The number of hydrogen-bond donors (Lipinski definition) is 3. The first-order valence-electron chi connectivity index (χ1n) is 7.61. The normalized spacial score (nSPS) is 11.6. The Morgan fingerprint density at radius 3 is 2.71 bits per heavy atom. The van der Waals surface area contributed by atoms with Gasteiger partial charge in [-0.2, -0.15) is 0 Å². The zero-order valence-corrected chi connectivity index (χ0v) is 14.3. The fraction of sp³-hybridized carbons (Fsp3) is 0.222. The summed E-state index contributed by atoms with van der Waals surface area (Å²) in [4.78, 5) is 12.0. The summed E-state index contributed by atoms with van der Waals surface area (Å²) in [5.41, 5.74) is 1.63. The molecule has 24 heavy (non-hydrogen) atoms. The average Bonchev–Trinajstić information content (AvgIpc) is 2.56. The minimum atomic E-state index is -0.524. The summed E-state index contributed by atoms with van der Waals surface area (Å²) >= 11 is 5.09. The van der Waals surface area contributed by atoms with Crippen LogP contribution in [0.2, 0.25) is 0 Å². The van der Waals surface area contributed by atoms with Crippen molar-refractivity contribution in [3.8, 4) is 5.75 Å². The number of benzene rings is 2. The van der Waals surface area contributed by atoms with Crippen LogP contribution in [-0.2, 0) is 0 Å². The predicted octanol–water partition coefficient (Wildman–Crippen LogP) is 4.17. The Kier molecular flexibility index (Phi) is 5.87. The number of phenolic OH excluding ortho intramolecular Hbond substituents is 1. The number of nitrogens with one attached hydrogen (secondary N) is 2. The van der Waals surface area contributed by atoms with Crippen LogP contribution in [0.25, 0.3) is 0 Å². The highest BCUT2D eigenvalue weighted by atomic mass is 32.1. The molecule has 0 aromatic heterocycles. The highest BCUT2D eigenvalue weighted by molar-refractivity contribution is 7.80. The number of thiocarbonyl (C=S) groups is 1. The smallest absolute Gasteiger partial charge is 0.257 e. The van der Waals surface area contributed by atoms with E-state index in [2.05, 4.69) is 24.5 Å². The van der Waals surface area contributed by atoms with Crippen LogP contribution in [0, 0.1) is 5.82 Å². The van der Waals surface area contributed by atoms with E-state index in [-0.39, 0.29) is 16.4 Å². The molecule has 0 heterocycles. The second kappa shape index (κ2) is 7.88. The maximum absolute atomic E-state index is 13.2. The van der Waals surface area contributed by atoms with Gasteiger partial charge in [-0.1, -0.05) is 26.0 Å². The van der Waals surface area contributed by atoms with E-state index in [1.54, 1.807) is 12.1 Å². The minimum absolute atomic E-state index is 0.0286. The van der Waals surface area contributed by atoms with E-state index in [1.165, 1.54) is 18.2 Å². The van der Waals surface area contributed by atoms with Gasteiger partial charge in [0.25, 0.3) is 5.91 Å². The molecule has 0 fully saturated rings. The Balaban J connectivity index is 2.08. The van der Waals surface area contributed by atoms with Gasteiger partial charge >= 0.3 is 0 Å². The summed E-state index contributed by atoms with van der Waals surface area (Å²) in [6.45, 7) is 4.16. The zero-order valence-electron chi connectivity index (χ0n) is 13.5. The van der Waals surface area contributed by atoms with Gasteiger partial charge in [0.05, 0.1) is 5.69 Å². The fourth-order valence-corrected chi connectivity index (χ4v) is 2.36. The minimum Gasteiger partial charge on any atom is -0.506 e. The van der Waals surface area contributed by atoms with E-state index >= 15 is 0 Å². The molecule has 126 valence electrons. The molecule has 3 N–H and O–H groups in total. The molecule has 6 heteroatoms. The lowest BCUT2D eigenvalue weighted by Crippen LogP contribution is -2.34. The van der Waals surface area contributed by atoms with Crippen LogP contribution < -0.4 is 10.6 Å². The zero-order chi connectivity index (χ0) is 17.7. The lowest BCUT2D eigenvalue weighted by molar-refractivity contribution is 0.0977. The number of aromatic hydroxyl groups is 1. The third-order valence-corrected chi connectivity index (χ3v) is 3.97. The molecule has 1 atom stereocenters. The van der Waals surface area contributed by atoms with Gasteiger partial charge in [-0.15, -0.1) is 0 Å². The number of rotatable bonds is 4. The summed E-state index contributed by atoms with van der Waals surface area (Å²) in [5.74, 6) is -0.656. The molecule has 0 saturated heterocycles. The van der Waals surface area contributed by atoms with Gasteiger partial charge < -0.3 is 10.4 Å². The number of carbonyl (C=O) groups is 1. The van der Waals surface area contributed by atoms with Crippen LogP contribution in [0.5, 0.6) is 5.75 Å². The van der Waals surface area contributed by atoms with Crippen molar-refractivity contribution in [3.05, 3.63) is 59.4 Å². The predicted molar refractivity (Wildman–Crippen MR) is 96.9 cm³/mol. The van der Waals surface area contributed by atoms with Crippen LogP contribution in [0.3, 0.4) is 0 Å². The Morgan fingerprint density at radius 1 is 1.29 bits per heavy atom. The van der Waals surface area contributed by atoms with E-state index < -0.39 is 11.7 Å². The second-order valence-corrected chi connectivity index (χ2v) is 5.91. The maximum atomic E-state index is 13.2. The van der Waals surface area contributed by atoms with E-state index in [9.17, 15) is 14.3 Å². The van der Waals surface area contributed by atoms with Crippen molar-refractivity contribution < 1.29 is 14.3 Å². The Hall–Kier alpha value is -2.47. The van der Waals surface area contributed by atoms with Crippen molar-refractivity contribution in [2.75, 3.05) is 5.32 Å². The third kappa shape index (κ3) is 4.52. The number of phenols is 1. The van der Waals surface area contributed by atoms with E-state index in [0.717, 1.165) is 18.1 Å². The van der Waals surface area contributed by atoms with Gasteiger partial charge in [0, 0.05) is 5.56 Å². The third-order valence-electron chi connectivity index (χ3n) is 3.76. The average molecular weight is 346 g/mol. The van der Waals surface area contributed by atoms with Crippen LogP contribution in [-0.4, -0.2) is 16.1 Å². The summed E-state index contributed by atoms with van der Waals surface area (Å²) in [6.07, 6.45) is 0.963. The van der Waals surface area contributed by atoms with E-state index in [1.807, 2.05) is 6.07 Å². The van der Waals surface area contributed by atoms with Crippen molar-refractivity contribution in [2.45, 2.75) is 26.2 Å². The molecule has 0 aliphatic rings. The first kappa shape index (κ1) is 17.9. The van der Waals surface area contributed by atoms with Crippen LogP contribution >= 0.6 is 12.2 Å². The van der Waals surface area contributed by atoms with Gasteiger partial charge in [0.2, 0.25) is 0 Å². The standard InChI is InChI=1S/C18H19FN2O2S/c1-3-11(2)12-7-8-16(22)15(10-12)20-18(24)21-17(23)13-5-4-6-14(19)9-13/h4-11,22H,3H2,1-2H3,(H2,20,21,23,24). The molecule has 0 aliphatic carbocycles. The number of anilines is 1. The first-order valence-corrected chi connectivity index (χ1v) is 8.02. The van der Waals surface area contributed by atoms with Gasteiger partial charge in [0.15, 0.2) is 5.11 Å². The summed E-state index contributed by atoms with van der Waals surface area (Å²) in [5, 5.41) is 15.2. The molecule has 1 amide bonds. The van der Waals surface area contributed by atoms with E-state index in [0.29, 0.717) is 11.6 Å². The van der Waals surface area contributed by atoms with E-state index in [4.69, 9.17) is 12.2 Å². The Morgan fingerprint density at radius 2 is 2.04 bits per heavy atom. The number of hydrogen-bond acceptors (Lipinski definition) is 3. The SMILES string of the molecule is CCC(C)c1ccc(O)c(NC(=S)NC(=O)c2cccc(F)c2)c1. The molecule has 4 nitrogen and oxygen atoms in total. The summed E-state index contributed by atoms with van der Waals surface area (Å²) in [7, 11) is 0. The quantitative estimate of drug-likeness (QED) is 0.574. The summed E-state index contributed by atoms with van der Waals surface area (Å²) < 4.78 is 13.2. The maximum Gasteiger partial charge on any atom is 0.257 e. The second-order valence-electron chi connectivity index (χ2n) is 5.50. The highest BCUT2D eigenvalue weighted by Crippen LogP contribution is 2.29. The molecule has 1 unspecified atom stereocenters. The molecule has 2 aromatic rings. The molecule has 0 radical (unpaired) electrons. The molecule has 2 aromatic carbocycles. The van der Waals surface area contributed by atoms with Crippen molar-refractivity contribution in [3.63, 3.8) is 0 Å². The number of halogens is 1. The Labute approximate surface area is 145 Å². The van der Waals surface area contributed by atoms with Gasteiger partial charge in [-0.05, 0) is 60.5 Å². The monoisotopic (exact) mass is 346 g/mol. The van der Waals surface area contributed by atoms with Crippen molar-refractivity contribution in [1.82, 2.24) is 5.32 Å². The lowest BCUT2D eigenvalue weighted by atomic mass is 9.98. The molecule has 0 bridgehead atoms. The topological polar surface area (TPSA) is 61.4 Å². The molecular formula is C18H19FN2O2S. The van der Waals surface area contributed by atoms with Gasteiger partial charge in [-0.25, -0.2) is 4.39 Å². The highest BCUT2D eigenvalue weighted by Gasteiger charge is 2.12. The van der Waals surface area contributed by atoms with Crippen molar-refractivity contribution >= 4 is 28.9 Å². The molecule has 2 rings (SSSR count). The lowest BCUT2D eigenvalue weighted by Gasteiger charge is -2.14.